The van der Waals surface area contributed by atoms with Gasteiger partial charge < -0.3 is 10.0 Å². The largest absolute Gasteiger partial charge is 0.481 e. The summed E-state index contributed by atoms with van der Waals surface area (Å²) in [5.41, 5.74) is 0.343. The Morgan fingerprint density at radius 1 is 1.02 bits per heavy atom. The molecule has 1 aliphatic heterocycles. The van der Waals surface area contributed by atoms with Crippen LogP contribution in [0.4, 0.5) is 4.39 Å². The molecule has 1 N–H and O–H groups in total. The smallest absolute Gasteiger partial charge is 0.304 e. The number of amides is 1. The van der Waals surface area contributed by atoms with Crippen molar-refractivity contribution in [1.82, 2.24) is 4.90 Å². The fourth-order valence-electron chi connectivity index (χ4n) is 6.41. The van der Waals surface area contributed by atoms with Gasteiger partial charge in [0.25, 0.3) is 0 Å². The van der Waals surface area contributed by atoms with Gasteiger partial charge in [0.05, 0.1) is 28.5 Å². The summed E-state index contributed by atoms with van der Waals surface area (Å²) < 4.78 is 41.1. The molecule has 1 heterocycles. The monoisotopic (exact) mass is 631 g/mol. The summed E-state index contributed by atoms with van der Waals surface area (Å²) in [4.78, 5) is 28.6. The molecule has 1 amide bonds. The van der Waals surface area contributed by atoms with Crippen LogP contribution in [0.5, 0.6) is 0 Å². The molecule has 10 heteroatoms. The van der Waals surface area contributed by atoms with Crippen molar-refractivity contribution in [3.8, 4) is 0 Å². The van der Waals surface area contributed by atoms with E-state index < -0.39 is 39.1 Å². The van der Waals surface area contributed by atoms with E-state index in [1.165, 1.54) is 12.1 Å². The van der Waals surface area contributed by atoms with E-state index in [9.17, 15) is 27.5 Å². The second-order valence-corrected chi connectivity index (χ2v) is 14.3. The molecule has 1 saturated heterocycles. The van der Waals surface area contributed by atoms with Crippen LogP contribution < -0.4 is 0 Å². The molecule has 3 aromatic rings. The zero-order chi connectivity index (χ0) is 30.2. The quantitative estimate of drug-likeness (QED) is 0.237. The Morgan fingerprint density at radius 2 is 1.69 bits per heavy atom. The van der Waals surface area contributed by atoms with E-state index in [4.69, 9.17) is 23.2 Å². The molecule has 1 aliphatic carbocycles. The molecule has 0 spiro atoms. The molecule has 2 fully saturated rings. The molecule has 4 atom stereocenters. The van der Waals surface area contributed by atoms with Crippen LogP contribution in [0.15, 0.2) is 77.7 Å². The topological polar surface area (TPSA) is 91.8 Å². The van der Waals surface area contributed by atoms with E-state index in [2.05, 4.69) is 0 Å². The van der Waals surface area contributed by atoms with E-state index in [1.54, 1.807) is 30.0 Å². The summed E-state index contributed by atoms with van der Waals surface area (Å²) in [6.07, 6.45) is 1.61. The lowest BCUT2D eigenvalue weighted by Gasteiger charge is -2.53. The molecule has 0 bridgehead atoms. The number of hydrogen-bond donors (Lipinski definition) is 1. The number of nitrogens with zero attached hydrogens (tertiary/aromatic N) is 1. The number of carboxylic acids is 1. The van der Waals surface area contributed by atoms with Gasteiger partial charge in [-0.3, -0.25) is 9.59 Å². The molecular formula is C32H32Cl2FNO5S. The van der Waals surface area contributed by atoms with Gasteiger partial charge in [-0.2, -0.15) is 0 Å². The number of carbonyl (C=O) groups excluding carboxylic acids is 1. The molecule has 2 aliphatic rings. The number of carboxylic acid groups (broad SMARTS) is 1. The fraction of sp³-hybridized carbons (Fsp3) is 0.375. The Balaban J connectivity index is 1.70. The van der Waals surface area contributed by atoms with Gasteiger partial charge in [0.15, 0.2) is 9.84 Å². The molecule has 4 unspecified atom stereocenters. The third-order valence-corrected chi connectivity index (χ3v) is 11.0. The van der Waals surface area contributed by atoms with Crippen molar-refractivity contribution >= 4 is 44.9 Å². The third-order valence-electron chi connectivity index (χ3n) is 8.72. The lowest BCUT2D eigenvalue weighted by Crippen LogP contribution is -2.58. The van der Waals surface area contributed by atoms with Crippen LogP contribution in [0.1, 0.15) is 62.1 Å². The molecule has 3 aromatic carbocycles. The van der Waals surface area contributed by atoms with Crippen LogP contribution in [0.3, 0.4) is 0 Å². The molecule has 42 heavy (non-hydrogen) atoms. The maximum Gasteiger partial charge on any atom is 0.304 e. The van der Waals surface area contributed by atoms with Gasteiger partial charge in [-0.15, -0.1) is 0 Å². The van der Waals surface area contributed by atoms with Crippen molar-refractivity contribution in [1.29, 1.82) is 0 Å². The van der Waals surface area contributed by atoms with Crippen molar-refractivity contribution in [2.75, 3.05) is 5.75 Å². The van der Waals surface area contributed by atoms with Gasteiger partial charge in [0.1, 0.15) is 5.82 Å². The average molecular weight is 633 g/mol. The van der Waals surface area contributed by atoms with E-state index >= 15 is 0 Å². The van der Waals surface area contributed by atoms with E-state index in [0.717, 1.165) is 36.1 Å². The predicted molar refractivity (Wildman–Crippen MR) is 160 cm³/mol. The highest BCUT2D eigenvalue weighted by molar-refractivity contribution is 7.91. The molecule has 6 nitrogen and oxygen atoms in total. The predicted octanol–water partition coefficient (Wildman–Crippen LogP) is 7.31. The average Bonchev–Trinajstić information content (AvgIpc) is 3.79. The van der Waals surface area contributed by atoms with Crippen LogP contribution in [0, 0.1) is 17.2 Å². The minimum absolute atomic E-state index is 0.0271. The standard InChI is InChI=1S/C32H32Cl2FNO5S/c1-2-32(18-29(37)38)17-27(22-4-3-5-24(34)16-22)30(21-8-10-23(33)11-9-21)36(31(32)39)28(20-6-7-20)19-42(40,41)26-14-12-25(35)13-15-26/h3-5,8-16,20,27-28,30H,2,6-7,17-19H2,1H3,(H,37,38). The molecule has 0 aromatic heterocycles. The lowest BCUT2D eigenvalue weighted by molar-refractivity contribution is -0.162. The Morgan fingerprint density at radius 3 is 2.26 bits per heavy atom. The van der Waals surface area contributed by atoms with E-state index in [1.807, 2.05) is 30.3 Å². The molecule has 1 saturated carbocycles. The molecule has 222 valence electrons. The van der Waals surface area contributed by atoms with Crippen molar-refractivity contribution in [3.63, 3.8) is 0 Å². The minimum Gasteiger partial charge on any atom is -0.481 e. The first-order valence-electron chi connectivity index (χ1n) is 14.0. The number of piperidine rings is 1. The van der Waals surface area contributed by atoms with Crippen molar-refractivity contribution in [2.45, 2.75) is 61.9 Å². The summed E-state index contributed by atoms with van der Waals surface area (Å²) in [5, 5.41) is 11.0. The lowest BCUT2D eigenvalue weighted by atomic mass is 9.65. The van der Waals surface area contributed by atoms with E-state index in [0.29, 0.717) is 10.0 Å². The Labute approximate surface area is 255 Å². The number of halogens is 3. The number of carbonyl (C=O) groups is 2. The summed E-state index contributed by atoms with van der Waals surface area (Å²) in [6, 6.07) is 17.8. The van der Waals surface area contributed by atoms with Crippen LogP contribution in [0.25, 0.3) is 0 Å². The van der Waals surface area contributed by atoms with E-state index in [-0.39, 0.29) is 47.7 Å². The van der Waals surface area contributed by atoms with Crippen LogP contribution in [-0.2, 0) is 19.4 Å². The number of hydrogen-bond acceptors (Lipinski definition) is 4. The van der Waals surface area contributed by atoms with Gasteiger partial charge >= 0.3 is 5.97 Å². The minimum atomic E-state index is -3.94. The number of benzene rings is 3. The highest BCUT2D eigenvalue weighted by Crippen LogP contribution is 2.55. The first-order chi connectivity index (χ1) is 19.9. The van der Waals surface area contributed by atoms with Crippen LogP contribution >= 0.6 is 23.2 Å². The first kappa shape index (κ1) is 30.5. The Kier molecular flexibility index (Phi) is 8.70. The van der Waals surface area contributed by atoms with Crippen molar-refractivity contribution in [2.24, 2.45) is 11.3 Å². The van der Waals surface area contributed by atoms with Gasteiger partial charge in [-0.05, 0) is 91.3 Å². The third kappa shape index (κ3) is 6.21. The summed E-state index contributed by atoms with van der Waals surface area (Å²) in [5.74, 6) is -2.84. The number of rotatable bonds is 10. The van der Waals surface area contributed by atoms with Crippen molar-refractivity contribution in [3.05, 3.63) is 99.8 Å². The molecular weight excluding hydrogens is 600 g/mol. The zero-order valence-electron chi connectivity index (χ0n) is 23.0. The number of sulfone groups is 1. The summed E-state index contributed by atoms with van der Waals surface area (Å²) in [6.45, 7) is 1.80. The SMILES string of the molecule is CCC1(CC(=O)O)CC(c2cccc(Cl)c2)C(c2ccc(Cl)cc2)N(C(CS(=O)(=O)c2ccc(F)cc2)C2CC2)C1=O. The highest BCUT2D eigenvalue weighted by atomic mass is 35.5. The molecule has 5 rings (SSSR count). The summed E-state index contributed by atoms with van der Waals surface area (Å²) in [7, 11) is -3.94. The second-order valence-electron chi connectivity index (χ2n) is 11.4. The van der Waals surface area contributed by atoms with Crippen LogP contribution in [-0.4, -0.2) is 42.1 Å². The van der Waals surface area contributed by atoms with Crippen molar-refractivity contribution < 1.29 is 27.5 Å². The number of aliphatic carboxylic acids is 1. The fourth-order valence-corrected chi connectivity index (χ4v) is 8.36. The van der Waals surface area contributed by atoms with Crippen LogP contribution in [0.2, 0.25) is 10.0 Å². The zero-order valence-corrected chi connectivity index (χ0v) is 25.4. The maximum atomic E-state index is 14.7. The Bertz CT molecular complexity index is 1580. The normalized spacial score (nSPS) is 23.5. The Hall–Kier alpha value is -2.94. The summed E-state index contributed by atoms with van der Waals surface area (Å²) >= 11 is 12.7. The maximum absolute atomic E-state index is 14.7. The van der Waals surface area contributed by atoms with Gasteiger partial charge in [0.2, 0.25) is 5.91 Å². The van der Waals surface area contributed by atoms with Gasteiger partial charge in [-0.25, -0.2) is 12.8 Å². The van der Waals surface area contributed by atoms with Gasteiger partial charge in [-0.1, -0.05) is 54.4 Å². The second kappa shape index (κ2) is 12.0. The molecule has 0 radical (unpaired) electrons. The number of likely N-dealkylation sites (tertiary alicyclic amines) is 1. The van der Waals surface area contributed by atoms with Gasteiger partial charge in [0, 0.05) is 22.0 Å². The first-order valence-corrected chi connectivity index (χ1v) is 16.4. The highest BCUT2D eigenvalue weighted by Gasteiger charge is 2.56.